The van der Waals surface area contributed by atoms with Crippen LogP contribution in [0.3, 0.4) is 0 Å². The Hall–Kier alpha value is -3.79. The summed E-state index contributed by atoms with van der Waals surface area (Å²) in [5.41, 5.74) is 0.946. The molecule has 1 aliphatic rings. The molecule has 3 heterocycles. The molecule has 0 saturated heterocycles. The predicted molar refractivity (Wildman–Crippen MR) is 160 cm³/mol. The highest BCUT2D eigenvalue weighted by atomic mass is 35.5. The molecular weight excluding hydrogens is 674 g/mol. The van der Waals surface area contributed by atoms with E-state index >= 15 is 0 Å². The number of halogens is 6. The number of carbonyl (C=O) groups is 3. The van der Waals surface area contributed by atoms with Crippen LogP contribution in [0.5, 0.6) is 5.75 Å². The number of hydrogen-bond acceptors (Lipinski definition) is 9. The van der Waals surface area contributed by atoms with E-state index in [2.05, 4.69) is 20.6 Å². The molecule has 1 aromatic carbocycles. The number of aromatic nitrogens is 1. The zero-order valence-corrected chi connectivity index (χ0v) is 26.0. The summed E-state index contributed by atoms with van der Waals surface area (Å²) in [6, 6.07) is 6.58. The van der Waals surface area contributed by atoms with Gasteiger partial charge < -0.3 is 30.1 Å². The molecule has 1 aliphatic heterocycles. The maximum Gasteiger partial charge on any atom is 0.490 e. The smallest absolute Gasteiger partial charge is 0.490 e. The molecule has 0 spiro atoms. The van der Waals surface area contributed by atoms with E-state index in [0.717, 1.165) is 5.56 Å². The Kier molecular flexibility index (Phi) is 11.7. The second-order valence-electron chi connectivity index (χ2n) is 8.92. The van der Waals surface area contributed by atoms with Crippen molar-refractivity contribution >= 4 is 81.5 Å². The van der Waals surface area contributed by atoms with Crippen molar-refractivity contribution in [1.29, 1.82) is 0 Å². The highest BCUT2D eigenvalue weighted by Crippen LogP contribution is 2.35. The Morgan fingerprint density at radius 2 is 1.84 bits per heavy atom. The fourth-order valence-electron chi connectivity index (χ4n) is 3.49. The topological polar surface area (TPSA) is 142 Å². The molecule has 3 aromatic rings. The number of amides is 2. The third kappa shape index (κ3) is 9.11. The standard InChI is InChI=1S/C24H22Cl3N5O4S.C2HF3O2/c1-12-8-29-24(36-12)32(2)10-13-11-37-21(19(13)27)23(34)31-20-16(6-15(26)7-17(20)35-3)22(33)30-18-5-4-14(25)9-28-18;3-2(4,5)1(6)7/h4-7,9,11-12H,8,10H2,1-3H3,(H,31,34)(H,28,30,33);(H,6,7). The summed E-state index contributed by atoms with van der Waals surface area (Å²) in [7, 11) is 3.24. The van der Waals surface area contributed by atoms with Gasteiger partial charge in [0.25, 0.3) is 17.8 Å². The first kappa shape index (κ1) is 34.7. The van der Waals surface area contributed by atoms with Crippen LogP contribution >= 0.6 is 46.1 Å². The normalized spacial score (nSPS) is 14.0. The molecule has 0 saturated carbocycles. The van der Waals surface area contributed by atoms with E-state index in [4.69, 9.17) is 54.2 Å². The minimum Gasteiger partial charge on any atom is -0.494 e. The summed E-state index contributed by atoms with van der Waals surface area (Å²) < 4.78 is 42.8. The first-order valence-corrected chi connectivity index (χ1v) is 14.2. The number of hydrogen-bond donors (Lipinski definition) is 3. The maximum atomic E-state index is 13.3. The first-order valence-electron chi connectivity index (χ1n) is 12.2. The molecular formula is C26H23Cl3F3N5O6S. The minimum atomic E-state index is -5.08. The van der Waals surface area contributed by atoms with E-state index in [0.29, 0.717) is 29.2 Å². The number of rotatable bonds is 7. The van der Waals surface area contributed by atoms with E-state index in [9.17, 15) is 22.8 Å². The Morgan fingerprint density at radius 1 is 1.16 bits per heavy atom. The van der Waals surface area contributed by atoms with Crippen molar-refractivity contribution in [2.75, 3.05) is 31.3 Å². The third-order valence-corrected chi connectivity index (χ3v) is 7.53. The second-order valence-corrected chi connectivity index (χ2v) is 11.0. The minimum absolute atomic E-state index is 0.0213. The summed E-state index contributed by atoms with van der Waals surface area (Å²) in [6.45, 7) is 2.94. The number of aliphatic carboxylic acids is 1. The van der Waals surface area contributed by atoms with E-state index in [-0.39, 0.29) is 38.8 Å². The lowest BCUT2D eigenvalue weighted by Gasteiger charge is -2.18. The van der Waals surface area contributed by atoms with Crippen molar-refractivity contribution in [2.24, 2.45) is 4.99 Å². The van der Waals surface area contributed by atoms with Gasteiger partial charge in [0, 0.05) is 36.4 Å². The molecule has 18 heteroatoms. The van der Waals surface area contributed by atoms with Crippen LogP contribution in [-0.4, -0.2) is 71.8 Å². The molecule has 0 bridgehead atoms. The van der Waals surface area contributed by atoms with Gasteiger partial charge in [-0.2, -0.15) is 13.2 Å². The molecule has 2 aromatic heterocycles. The number of aliphatic imine (C=N–C) groups is 1. The quantitative estimate of drug-likeness (QED) is 0.256. The number of pyridine rings is 1. The van der Waals surface area contributed by atoms with E-state index in [1.165, 1.54) is 36.8 Å². The average Bonchev–Trinajstić information content (AvgIpc) is 3.55. The summed E-state index contributed by atoms with van der Waals surface area (Å²) >= 11 is 19.8. The number of amidine groups is 1. The number of nitrogens with one attached hydrogen (secondary N) is 2. The molecule has 11 nitrogen and oxygen atoms in total. The molecule has 3 N–H and O–H groups in total. The van der Waals surface area contributed by atoms with Gasteiger partial charge in [-0.1, -0.05) is 34.8 Å². The maximum absolute atomic E-state index is 13.3. The Morgan fingerprint density at radius 3 is 2.39 bits per heavy atom. The molecule has 1 atom stereocenters. The highest BCUT2D eigenvalue weighted by Gasteiger charge is 2.38. The zero-order chi connectivity index (χ0) is 32.8. The number of carboxylic acid groups (broad SMARTS) is 1. The lowest BCUT2D eigenvalue weighted by atomic mass is 10.1. The third-order valence-electron chi connectivity index (χ3n) is 5.51. The summed E-state index contributed by atoms with van der Waals surface area (Å²) in [5, 5.41) is 15.3. The number of ether oxygens (including phenoxy) is 2. The molecule has 0 radical (unpaired) electrons. The van der Waals surface area contributed by atoms with Gasteiger partial charge in [0.15, 0.2) is 0 Å². The van der Waals surface area contributed by atoms with Gasteiger partial charge in [0.1, 0.15) is 22.5 Å². The van der Waals surface area contributed by atoms with Gasteiger partial charge in [0.05, 0.1) is 35.0 Å². The van der Waals surface area contributed by atoms with Crippen LogP contribution in [-0.2, 0) is 16.1 Å². The van der Waals surface area contributed by atoms with Gasteiger partial charge in [-0.15, -0.1) is 11.3 Å². The fraction of sp³-hybridized carbons (Fsp3) is 0.269. The van der Waals surface area contributed by atoms with Crippen molar-refractivity contribution in [3.63, 3.8) is 0 Å². The number of carbonyl (C=O) groups excluding carboxylic acids is 2. The van der Waals surface area contributed by atoms with Crippen LogP contribution in [0.1, 0.15) is 32.5 Å². The Balaban J connectivity index is 0.000000676. The van der Waals surface area contributed by atoms with Crippen LogP contribution in [0, 0.1) is 0 Å². The summed E-state index contributed by atoms with van der Waals surface area (Å²) in [5.74, 6) is -3.35. The largest absolute Gasteiger partial charge is 0.494 e. The highest BCUT2D eigenvalue weighted by molar-refractivity contribution is 7.13. The van der Waals surface area contributed by atoms with Crippen molar-refractivity contribution in [1.82, 2.24) is 9.88 Å². The molecule has 0 fully saturated rings. The fourth-order valence-corrected chi connectivity index (χ4v) is 5.05. The van der Waals surface area contributed by atoms with Crippen molar-refractivity contribution in [2.45, 2.75) is 25.7 Å². The van der Waals surface area contributed by atoms with Gasteiger partial charge in [0.2, 0.25) is 0 Å². The number of alkyl halides is 3. The molecule has 1 unspecified atom stereocenters. The number of benzene rings is 1. The second kappa shape index (κ2) is 14.8. The first-order chi connectivity index (χ1) is 20.6. The summed E-state index contributed by atoms with van der Waals surface area (Å²) in [4.78, 5) is 45.8. The van der Waals surface area contributed by atoms with E-state index in [1.807, 2.05) is 18.9 Å². The number of nitrogens with zero attached hydrogens (tertiary/aromatic N) is 3. The Bertz CT molecular complexity index is 1570. The van der Waals surface area contributed by atoms with Gasteiger partial charge in [-0.3, -0.25) is 9.59 Å². The van der Waals surface area contributed by atoms with Crippen molar-refractivity contribution < 1.29 is 42.1 Å². The lowest BCUT2D eigenvalue weighted by molar-refractivity contribution is -0.192. The van der Waals surface area contributed by atoms with Crippen LogP contribution < -0.4 is 15.4 Å². The van der Waals surface area contributed by atoms with Gasteiger partial charge >= 0.3 is 12.1 Å². The number of carboxylic acids is 1. The van der Waals surface area contributed by atoms with Crippen LogP contribution in [0.4, 0.5) is 24.7 Å². The van der Waals surface area contributed by atoms with E-state index in [1.54, 1.807) is 17.5 Å². The number of anilines is 2. The van der Waals surface area contributed by atoms with Crippen LogP contribution in [0.15, 0.2) is 40.8 Å². The van der Waals surface area contributed by atoms with Crippen molar-refractivity contribution in [3.05, 3.63) is 66.9 Å². The molecule has 4 rings (SSSR count). The van der Waals surface area contributed by atoms with Crippen molar-refractivity contribution in [3.8, 4) is 5.75 Å². The van der Waals surface area contributed by atoms with E-state index < -0.39 is 24.0 Å². The molecule has 0 aliphatic carbocycles. The van der Waals surface area contributed by atoms with Gasteiger partial charge in [-0.25, -0.2) is 14.8 Å². The monoisotopic (exact) mass is 695 g/mol. The van der Waals surface area contributed by atoms with Gasteiger partial charge in [-0.05, 0) is 30.5 Å². The zero-order valence-electron chi connectivity index (χ0n) is 23.0. The number of thiophene rings is 1. The molecule has 2 amide bonds. The van der Waals surface area contributed by atoms with Crippen LogP contribution in [0.2, 0.25) is 15.1 Å². The summed E-state index contributed by atoms with van der Waals surface area (Å²) in [6.07, 6.45) is -3.66. The average molecular weight is 697 g/mol. The lowest BCUT2D eigenvalue weighted by Crippen LogP contribution is -2.27. The molecule has 236 valence electrons. The Labute approximate surface area is 267 Å². The SMILES string of the molecule is COc1cc(Cl)cc(C(=O)Nc2ccc(Cl)cn2)c1NC(=O)c1scc(CN(C)C2=NCC(C)O2)c1Cl.O=C(O)C(F)(F)F. The predicted octanol–water partition coefficient (Wildman–Crippen LogP) is 6.46. The number of methoxy groups -OCH3 is 1. The van der Waals surface area contributed by atoms with Crippen LogP contribution in [0.25, 0.3) is 0 Å². The molecule has 44 heavy (non-hydrogen) atoms.